The van der Waals surface area contributed by atoms with Crippen LogP contribution in [0, 0.1) is 0 Å². The molecule has 0 aromatic rings. The molecule has 108 valence electrons. The Labute approximate surface area is 114 Å². The number of nitrogens with one attached hydrogen (secondary N) is 1. The van der Waals surface area contributed by atoms with Crippen LogP contribution in [-0.4, -0.2) is 41.1 Å². The molecule has 5 nitrogen and oxygen atoms in total. The molecule has 5 heteroatoms. The zero-order valence-electron chi connectivity index (χ0n) is 12.1. The van der Waals surface area contributed by atoms with Gasteiger partial charge in [-0.25, -0.2) is 4.79 Å². The van der Waals surface area contributed by atoms with Gasteiger partial charge in [-0.2, -0.15) is 0 Å². The first-order chi connectivity index (χ1) is 8.87. The Morgan fingerprint density at radius 2 is 1.84 bits per heavy atom. The van der Waals surface area contributed by atoms with E-state index < -0.39 is 5.60 Å². The lowest BCUT2D eigenvalue weighted by Gasteiger charge is -2.35. The lowest BCUT2D eigenvalue weighted by atomic mass is 10.0. The molecule has 2 amide bonds. The van der Waals surface area contributed by atoms with Crippen LogP contribution in [0.4, 0.5) is 4.79 Å². The molecule has 2 rings (SSSR count). The lowest BCUT2D eigenvalue weighted by Crippen LogP contribution is -2.53. The van der Waals surface area contributed by atoms with Crippen molar-refractivity contribution in [3.05, 3.63) is 0 Å². The van der Waals surface area contributed by atoms with E-state index in [9.17, 15) is 9.59 Å². The summed E-state index contributed by atoms with van der Waals surface area (Å²) in [5.41, 5.74) is -0.522. The molecule has 0 aromatic heterocycles. The third kappa shape index (κ3) is 4.11. The average molecular weight is 268 g/mol. The number of hydrogen-bond acceptors (Lipinski definition) is 3. The highest BCUT2D eigenvalue weighted by Gasteiger charge is 2.36. The van der Waals surface area contributed by atoms with Gasteiger partial charge in [0.05, 0.1) is 0 Å². The molecule has 1 aliphatic carbocycles. The van der Waals surface area contributed by atoms with Gasteiger partial charge in [-0.15, -0.1) is 0 Å². The summed E-state index contributed by atoms with van der Waals surface area (Å²) in [4.78, 5) is 25.9. The van der Waals surface area contributed by atoms with Crippen LogP contribution in [0.2, 0.25) is 0 Å². The second-order valence-corrected chi connectivity index (χ2v) is 6.47. The standard InChI is InChI=1S/C14H24N2O3/c1-14(2,3)19-13(18)16-9-5-4-6-11(16)12(17)15-10-7-8-10/h10-11H,4-9H2,1-3H3,(H,15,17). The van der Waals surface area contributed by atoms with Gasteiger partial charge in [0.2, 0.25) is 5.91 Å². The molecular formula is C14H24N2O3. The molecule has 0 aromatic carbocycles. The van der Waals surface area contributed by atoms with Crippen molar-refractivity contribution in [2.24, 2.45) is 0 Å². The van der Waals surface area contributed by atoms with Gasteiger partial charge in [0.25, 0.3) is 0 Å². The first kappa shape index (κ1) is 14.2. The fourth-order valence-corrected chi connectivity index (χ4v) is 2.27. The Bertz CT molecular complexity index is 358. The van der Waals surface area contributed by atoms with Gasteiger partial charge in [-0.3, -0.25) is 9.69 Å². The number of likely N-dealkylation sites (tertiary alicyclic amines) is 1. The molecule has 1 saturated heterocycles. The molecule has 1 aliphatic heterocycles. The summed E-state index contributed by atoms with van der Waals surface area (Å²) in [5, 5.41) is 2.98. The number of amides is 2. The first-order valence-corrected chi connectivity index (χ1v) is 7.17. The number of hydrogen-bond donors (Lipinski definition) is 1. The average Bonchev–Trinajstić information content (AvgIpc) is 3.10. The summed E-state index contributed by atoms with van der Waals surface area (Å²) in [6.07, 6.45) is 4.41. The number of carbonyl (C=O) groups excluding carboxylic acids is 2. The summed E-state index contributed by atoms with van der Waals surface area (Å²) in [6, 6.07) is -0.0286. The van der Waals surface area contributed by atoms with Crippen molar-refractivity contribution >= 4 is 12.0 Å². The predicted molar refractivity (Wildman–Crippen MR) is 71.7 cm³/mol. The van der Waals surface area contributed by atoms with Gasteiger partial charge in [0.1, 0.15) is 11.6 Å². The van der Waals surface area contributed by atoms with E-state index in [0.29, 0.717) is 12.6 Å². The van der Waals surface area contributed by atoms with E-state index in [0.717, 1.165) is 32.1 Å². The normalized spacial score (nSPS) is 23.9. The minimum absolute atomic E-state index is 0.0203. The van der Waals surface area contributed by atoms with Crippen molar-refractivity contribution in [1.29, 1.82) is 0 Å². The SMILES string of the molecule is CC(C)(C)OC(=O)N1CCCCC1C(=O)NC1CC1. The van der Waals surface area contributed by atoms with Crippen LogP contribution in [0.1, 0.15) is 52.9 Å². The second kappa shape index (κ2) is 5.39. The van der Waals surface area contributed by atoms with Crippen LogP contribution in [0.25, 0.3) is 0 Å². The molecule has 0 bridgehead atoms. The topological polar surface area (TPSA) is 58.6 Å². The van der Waals surface area contributed by atoms with Crippen LogP contribution in [0.3, 0.4) is 0 Å². The van der Waals surface area contributed by atoms with Crippen molar-refractivity contribution in [3.8, 4) is 0 Å². The Morgan fingerprint density at radius 1 is 1.16 bits per heavy atom. The summed E-state index contributed by atoms with van der Waals surface area (Å²) in [5.74, 6) is -0.0203. The molecule has 1 saturated carbocycles. The van der Waals surface area contributed by atoms with Crippen molar-refractivity contribution < 1.29 is 14.3 Å². The Kier molecular flexibility index (Phi) is 4.02. The van der Waals surface area contributed by atoms with Gasteiger partial charge in [-0.05, 0) is 52.9 Å². The molecule has 1 N–H and O–H groups in total. The second-order valence-electron chi connectivity index (χ2n) is 6.47. The molecule has 1 atom stereocenters. The van der Waals surface area contributed by atoms with E-state index in [1.165, 1.54) is 0 Å². The third-order valence-electron chi connectivity index (χ3n) is 3.36. The predicted octanol–water partition coefficient (Wildman–Crippen LogP) is 2.05. The molecular weight excluding hydrogens is 244 g/mol. The minimum Gasteiger partial charge on any atom is -0.444 e. The van der Waals surface area contributed by atoms with Crippen LogP contribution < -0.4 is 5.32 Å². The Morgan fingerprint density at radius 3 is 2.42 bits per heavy atom. The maximum Gasteiger partial charge on any atom is 0.410 e. The molecule has 19 heavy (non-hydrogen) atoms. The number of ether oxygens (including phenoxy) is 1. The summed E-state index contributed by atoms with van der Waals surface area (Å²) < 4.78 is 5.39. The van der Waals surface area contributed by atoms with Crippen molar-refractivity contribution in [2.75, 3.05) is 6.54 Å². The molecule has 1 unspecified atom stereocenters. The molecule has 2 aliphatic rings. The monoisotopic (exact) mass is 268 g/mol. The number of nitrogens with zero attached hydrogens (tertiary/aromatic N) is 1. The highest BCUT2D eigenvalue weighted by molar-refractivity contribution is 5.86. The van der Waals surface area contributed by atoms with Crippen molar-refractivity contribution in [1.82, 2.24) is 10.2 Å². The van der Waals surface area contributed by atoms with Crippen LogP contribution in [0.15, 0.2) is 0 Å². The molecule has 0 spiro atoms. The Balaban J connectivity index is 1.98. The smallest absolute Gasteiger partial charge is 0.410 e. The minimum atomic E-state index is -0.522. The van der Waals surface area contributed by atoms with Crippen molar-refractivity contribution in [2.45, 2.75) is 70.6 Å². The summed E-state index contributed by atoms with van der Waals surface area (Å²) in [7, 11) is 0. The molecule has 2 fully saturated rings. The van der Waals surface area contributed by atoms with Crippen LogP contribution >= 0.6 is 0 Å². The van der Waals surface area contributed by atoms with E-state index >= 15 is 0 Å². The highest BCUT2D eigenvalue weighted by Crippen LogP contribution is 2.23. The summed E-state index contributed by atoms with van der Waals surface area (Å²) >= 11 is 0. The first-order valence-electron chi connectivity index (χ1n) is 7.17. The largest absolute Gasteiger partial charge is 0.444 e. The number of carbonyl (C=O) groups is 2. The van der Waals surface area contributed by atoms with E-state index in [1.807, 2.05) is 20.8 Å². The van der Waals surface area contributed by atoms with Gasteiger partial charge in [0, 0.05) is 12.6 Å². The van der Waals surface area contributed by atoms with Crippen molar-refractivity contribution in [3.63, 3.8) is 0 Å². The van der Waals surface area contributed by atoms with Gasteiger partial charge in [-0.1, -0.05) is 0 Å². The fraction of sp³-hybridized carbons (Fsp3) is 0.857. The lowest BCUT2D eigenvalue weighted by molar-refractivity contribution is -0.127. The van der Waals surface area contributed by atoms with E-state index in [4.69, 9.17) is 4.74 Å². The number of rotatable bonds is 2. The fourth-order valence-electron chi connectivity index (χ4n) is 2.27. The summed E-state index contributed by atoms with van der Waals surface area (Å²) in [6.45, 7) is 6.13. The van der Waals surface area contributed by atoms with Gasteiger partial charge in [0.15, 0.2) is 0 Å². The molecule has 0 radical (unpaired) electrons. The van der Waals surface area contributed by atoms with Crippen LogP contribution in [-0.2, 0) is 9.53 Å². The number of piperidine rings is 1. The highest BCUT2D eigenvalue weighted by atomic mass is 16.6. The van der Waals surface area contributed by atoms with Gasteiger partial charge < -0.3 is 10.1 Å². The maximum atomic E-state index is 12.2. The van der Waals surface area contributed by atoms with Gasteiger partial charge >= 0.3 is 6.09 Å². The maximum absolute atomic E-state index is 12.2. The third-order valence-corrected chi connectivity index (χ3v) is 3.36. The molecule has 1 heterocycles. The zero-order valence-corrected chi connectivity index (χ0v) is 12.1. The zero-order chi connectivity index (χ0) is 14.0. The van der Waals surface area contributed by atoms with E-state index in [2.05, 4.69) is 5.32 Å². The van der Waals surface area contributed by atoms with E-state index in [-0.39, 0.29) is 18.0 Å². The Hall–Kier alpha value is -1.26. The van der Waals surface area contributed by atoms with E-state index in [1.54, 1.807) is 4.90 Å². The quantitative estimate of drug-likeness (QED) is 0.834. The van der Waals surface area contributed by atoms with Crippen LogP contribution in [0.5, 0.6) is 0 Å².